The largest absolute Gasteiger partial charge is 0.497 e. The Balaban J connectivity index is 2.40. The number of carbonyl (C=O) groups excluding carboxylic acids is 1. The third kappa shape index (κ3) is 7.38. The normalized spacial score (nSPS) is 12.7. The van der Waals surface area contributed by atoms with Gasteiger partial charge in [0.1, 0.15) is 5.75 Å². The minimum atomic E-state index is -3.78. The van der Waals surface area contributed by atoms with Gasteiger partial charge in [-0.25, -0.2) is 8.42 Å². The maximum atomic E-state index is 13.2. The van der Waals surface area contributed by atoms with Gasteiger partial charge >= 0.3 is 0 Å². The van der Waals surface area contributed by atoms with Crippen LogP contribution in [0.5, 0.6) is 5.75 Å². The SMILES string of the molecule is CCC(C)N(Cc1cc(NS(=O)(=O)c2ccc(OC)cc2)ccc1N(C)C)C(=O)CC(C)(C)C. The zero-order valence-corrected chi connectivity index (χ0v) is 22.5. The lowest BCUT2D eigenvalue weighted by Crippen LogP contribution is -2.39. The fourth-order valence-electron chi connectivity index (χ4n) is 3.63. The van der Waals surface area contributed by atoms with Crippen molar-refractivity contribution in [3.05, 3.63) is 48.0 Å². The van der Waals surface area contributed by atoms with Crippen molar-refractivity contribution in [1.82, 2.24) is 4.90 Å². The number of carbonyl (C=O) groups is 1. The summed E-state index contributed by atoms with van der Waals surface area (Å²) in [5, 5.41) is 0. The highest BCUT2D eigenvalue weighted by atomic mass is 32.2. The molecule has 0 spiro atoms. The molecule has 188 valence electrons. The first-order chi connectivity index (χ1) is 15.8. The number of anilines is 2. The number of hydrogen-bond donors (Lipinski definition) is 1. The molecule has 2 rings (SSSR count). The molecule has 34 heavy (non-hydrogen) atoms. The molecule has 1 N–H and O–H groups in total. The predicted octanol–water partition coefficient (Wildman–Crippen LogP) is 5.13. The van der Waals surface area contributed by atoms with Gasteiger partial charge in [0, 0.05) is 44.5 Å². The molecule has 2 aromatic rings. The van der Waals surface area contributed by atoms with Crippen LogP contribution in [-0.2, 0) is 21.4 Å². The van der Waals surface area contributed by atoms with Crippen molar-refractivity contribution < 1.29 is 17.9 Å². The van der Waals surface area contributed by atoms with Crippen LogP contribution in [0.15, 0.2) is 47.4 Å². The Bertz CT molecular complexity index is 1070. The Labute approximate surface area is 205 Å². The molecule has 1 amide bonds. The highest BCUT2D eigenvalue weighted by molar-refractivity contribution is 7.92. The predicted molar refractivity (Wildman–Crippen MR) is 139 cm³/mol. The van der Waals surface area contributed by atoms with E-state index in [9.17, 15) is 13.2 Å². The maximum Gasteiger partial charge on any atom is 0.261 e. The number of benzene rings is 2. The molecule has 8 heteroatoms. The summed E-state index contributed by atoms with van der Waals surface area (Å²) < 4.78 is 33.7. The Kier molecular flexibility index (Phi) is 9.00. The summed E-state index contributed by atoms with van der Waals surface area (Å²) in [6.45, 7) is 10.7. The van der Waals surface area contributed by atoms with Crippen molar-refractivity contribution in [2.75, 3.05) is 30.8 Å². The van der Waals surface area contributed by atoms with E-state index in [1.165, 1.54) is 19.2 Å². The molecular weight excluding hydrogens is 450 g/mol. The standard InChI is InChI=1S/C26H39N3O4S/c1-9-19(2)29(25(30)17-26(3,4)5)18-20-16-21(10-15-24(20)28(6)7)27-34(31,32)23-13-11-22(33-8)12-14-23/h10-16,19,27H,9,17-18H2,1-8H3. The molecule has 0 fully saturated rings. The number of ether oxygens (including phenoxy) is 1. The third-order valence-corrected chi connectivity index (χ3v) is 7.05. The fraction of sp³-hybridized carbons (Fsp3) is 0.500. The number of rotatable bonds is 10. The van der Waals surface area contributed by atoms with Crippen molar-refractivity contribution in [1.29, 1.82) is 0 Å². The second-order valence-corrected chi connectivity index (χ2v) is 11.7. The quantitative estimate of drug-likeness (QED) is 0.501. The van der Waals surface area contributed by atoms with Crippen LogP contribution in [0.4, 0.5) is 11.4 Å². The van der Waals surface area contributed by atoms with Gasteiger partial charge in [-0.15, -0.1) is 0 Å². The van der Waals surface area contributed by atoms with Crippen LogP contribution < -0.4 is 14.4 Å². The fourth-order valence-corrected chi connectivity index (χ4v) is 4.68. The minimum Gasteiger partial charge on any atom is -0.497 e. The molecular formula is C26H39N3O4S. The number of nitrogens with one attached hydrogen (secondary N) is 1. The monoisotopic (exact) mass is 489 g/mol. The molecule has 0 aliphatic carbocycles. The van der Waals surface area contributed by atoms with Crippen LogP contribution in [0, 0.1) is 5.41 Å². The Morgan fingerprint density at radius 2 is 1.71 bits per heavy atom. The average Bonchev–Trinajstić information content (AvgIpc) is 2.75. The van der Waals surface area contributed by atoms with Crippen LogP contribution in [0.2, 0.25) is 0 Å². The average molecular weight is 490 g/mol. The summed E-state index contributed by atoms with van der Waals surface area (Å²) in [5.41, 5.74) is 2.14. The molecule has 0 radical (unpaired) electrons. The van der Waals surface area contributed by atoms with E-state index in [0.29, 0.717) is 24.4 Å². The van der Waals surface area contributed by atoms with Gasteiger partial charge < -0.3 is 14.5 Å². The molecule has 7 nitrogen and oxygen atoms in total. The van der Waals surface area contributed by atoms with Gasteiger partial charge in [-0.05, 0) is 66.8 Å². The molecule has 0 aromatic heterocycles. The first-order valence-electron chi connectivity index (χ1n) is 11.5. The second-order valence-electron chi connectivity index (χ2n) is 10.0. The highest BCUT2D eigenvalue weighted by Crippen LogP contribution is 2.29. The molecule has 1 unspecified atom stereocenters. The lowest BCUT2D eigenvalue weighted by atomic mass is 9.91. The molecule has 0 saturated carbocycles. The molecule has 0 saturated heterocycles. The molecule has 0 aliphatic rings. The second kappa shape index (κ2) is 11.1. The van der Waals surface area contributed by atoms with E-state index in [-0.39, 0.29) is 22.3 Å². The lowest BCUT2D eigenvalue weighted by Gasteiger charge is -2.33. The molecule has 2 aromatic carbocycles. The zero-order valence-electron chi connectivity index (χ0n) is 21.7. The summed E-state index contributed by atoms with van der Waals surface area (Å²) in [6, 6.07) is 11.7. The minimum absolute atomic E-state index is 0.0597. The van der Waals surface area contributed by atoms with Gasteiger partial charge in [0.25, 0.3) is 10.0 Å². The van der Waals surface area contributed by atoms with E-state index in [1.54, 1.807) is 18.2 Å². The Hall–Kier alpha value is -2.74. The van der Waals surface area contributed by atoms with E-state index in [4.69, 9.17) is 4.74 Å². The topological polar surface area (TPSA) is 79.0 Å². The molecule has 1 atom stereocenters. The zero-order chi connectivity index (χ0) is 25.7. The van der Waals surface area contributed by atoms with Crippen molar-refractivity contribution in [2.24, 2.45) is 5.41 Å². The van der Waals surface area contributed by atoms with E-state index in [2.05, 4.69) is 32.4 Å². The van der Waals surface area contributed by atoms with E-state index in [0.717, 1.165) is 17.7 Å². The molecule has 0 aliphatic heterocycles. The van der Waals surface area contributed by atoms with Gasteiger partial charge in [0.05, 0.1) is 12.0 Å². The van der Waals surface area contributed by atoms with Gasteiger partial charge in [0.15, 0.2) is 0 Å². The first kappa shape index (κ1) is 27.5. The van der Waals surface area contributed by atoms with Crippen LogP contribution >= 0.6 is 0 Å². The van der Waals surface area contributed by atoms with Gasteiger partial charge in [-0.3, -0.25) is 9.52 Å². The first-order valence-corrected chi connectivity index (χ1v) is 13.0. The van der Waals surface area contributed by atoms with Crippen molar-refractivity contribution in [3.8, 4) is 5.75 Å². The summed E-state index contributed by atoms with van der Waals surface area (Å²) in [5.74, 6) is 0.678. The Morgan fingerprint density at radius 1 is 1.09 bits per heavy atom. The number of methoxy groups -OCH3 is 1. The Morgan fingerprint density at radius 3 is 2.21 bits per heavy atom. The molecule has 0 bridgehead atoms. The van der Waals surface area contributed by atoms with Gasteiger partial charge in [0.2, 0.25) is 5.91 Å². The van der Waals surface area contributed by atoms with Crippen LogP contribution in [0.1, 0.15) is 53.0 Å². The summed E-state index contributed by atoms with van der Waals surface area (Å²) in [4.78, 5) is 17.2. The van der Waals surface area contributed by atoms with Gasteiger partial charge in [-0.2, -0.15) is 0 Å². The van der Waals surface area contributed by atoms with E-state index >= 15 is 0 Å². The summed E-state index contributed by atoms with van der Waals surface area (Å²) in [6.07, 6.45) is 1.27. The third-order valence-electron chi connectivity index (χ3n) is 5.65. The number of nitrogens with zero attached hydrogens (tertiary/aromatic N) is 2. The lowest BCUT2D eigenvalue weighted by molar-refractivity contribution is -0.135. The maximum absolute atomic E-state index is 13.2. The molecule has 0 heterocycles. The number of sulfonamides is 1. The smallest absolute Gasteiger partial charge is 0.261 e. The summed E-state index contributed by atoms with van der Waals surface area (Å²) >= 11 is 0. The number of amides is 1. The highest BCUT2D eigenvalue weighted by Gasteiger charge is 2.25. The van der Waals surface area contributed by atoms with Crippen molar-refractivity contribution in [2.45, 2.75) is 64.9 Å². The van der Waals surface area contributed by atoms with E-state index in [1.807, 2.05) is 43.0 Å². The summed E-state index contributed by atoms with van der Waals surface area (Å²) in [7, 11) is 1.62. The van der Waals surface area contributed by atoms with Gasteiger partial charge in [-0.1, -0.05) is 27.7 Å². The number of hydrogen-bond acceptors (Lipinski definition) is 5. The van der Waals surface area contributed by atoms with Crippen LogP contribution in [0.25, 0.3) is 0 Å². The van der Waals surface area contributed by atoms with E-state index < -0.39 is 10.0 Å². The van der Waals surface area contributed by atoms with Crippen LogP contribution in [-0.4, -0.2) is 46.5 Å². The van der Waals surface area contributed by atoms with Crippen molar-refractivity contribution >= 4 is 27.3 Å². The van der Waals surface area contributed by atoms with Crippen LogP contribution in [0.3, 0.4) is 0 Å². The van der Waals surface area contributed by atoms with Crippen molar-refractivity contribution in [3.63, 3.8) is 0 Å².